The molecule has 0 spiro atoms. The van der Waals surface area contributed by atoms with E-state index in [2.05, 4.69) is 57.9 Å². The number of nitrogens with zero attached hydrogens (tertiary/aromatic N) is 1. The molecule has 3 heteroatoms. The largest absolute Gasteiger partial charge is 0.298 e. The zero-order chi connectivity index (χ0) is 11.7. The molecule has 0 amide bonds. The summed E-state index contributed by atoms with van der Waals surface area (Å²) in [4.78, 5) is 4.73. The highest BCUT2D eigenvalue weighted by atomic mass is 32.1. The third-order valence-corrected chi connectivity index (χ3v) is 3.66. The predicted molar refractivity (Wildman–Crippen MR) is 72.0 cm³/mol. The van der Waals surface area contributed by atoms with Crippen LogP contribution in [0.5, 0.6) is 0 Å². The lowest BCUT2D eigenvalue weighted by Gasteiger charge is -1.95. The molecule has 0 unspecified atom stereocenters. The summed E-state index contributed by atoms with van der Waals surface area (Å²) in [6.45, 7) is 4.65. The van der Waals surface area contributed by atoms with Gasteiger partial charge in [-0.2, -0.15) is 0 Å². The van der Waals surface area contributed by atoms with Crippen molar-refractivity contribution in [1.29, 1.82) is 0 Å². The molecule has 0 aliphatic carbocycles. The van der Waals surface area contributed by atoms with Crippen molar-refractivity contribution in [1.82, 2.24) is 4.98 Å². The van der Waals surface area contributed by atoms with Crippen molar-refractivity contribution in [2.24, 2.45) is 0 Å². The zero-order valence-electron chi connectivity index (χ0n) is 9.39. The Morgan fingerprint density at radius 3 is 2.88 bits per heavy atom. The second-order valence-electron chi connectivity index (χ2n) is 3.87. The predicted octanol–water partition coefficient (Wildman–Crippen LogP) is 3.37. The third kappa shape index (κ3) is 1.68. The Morgan fingerprint density at radius 2 is 2.12 bits per heavy atom. The molecular weight excluding hydrogens is 228 g/mol. The van der Waals surface area contributed by atoms with Gasteiger partial charge in [-0.15, -0.1) is 11.3 Å². The number of benzene rings is 1. The molecule has 0 saturated carbocycles. The van der Waals surface area contributed by atoms with Crippen LogP contribution < -0.4 is 4.57 Å². The summed E-state index contributed by atoms with van der Waals surface area (Å²) in [5.41, 5.74) is 2.38. The summed E-state index contributed by atoms with van der Waals surface area (Å²) in [6, 6.07) is 12.6. The number of allylic oxidation sites excluding steroid dienone is 1. The second kappa shape index (κ2) is 4.18. The van der Waals surface area contributed by atoms with E-state index in [0.717, 1.165) is 17.9 Å². The van der Waals surface area contributed by atoms with Crippen LogP contribution in [-0.2, 0) is 6.54 Å². The van der Waals surface area contributed by atoms with Gasteiger partial charge < -0.3 is 0 Å². The molecule has 0 fully saturated rings. The Bertz CT molecular complexity index is 650. The van der Waals surface area contributed by atoms with Crippen LogP contribution in [0.4, 0.5) is 0 Å². The summed E-state index contributed by atoms with van der Waals surface area (Å²) in [7, 11) is 0. The van der Waals surface area contributed by atoms with E-state index in [1.165, 1.54) is 10.4 Å². The molecule has 84 valence electrons. The highest BCUT2D eigenvalue weighted by Crippen LogP contribution is 2.23. The molecule has 3 rings (SSSR count). The molecule has 0 aliphatic rings. The van der Waals surface area contributed by atoms with Gasteiger partial charge in [-0.25, -0.2) is 9.55 Å². The minimum Gasteiger partial charge on any atom is -0.236 e. The highest BCUT2D eigenvalue weighted by Gasteiger charge is 2.19. The van der Waals surface area contributed by atoms with E-state index in [9.17, 15) is 0 Å². The summed E-state index contributed by atoms with van der Waals surface area (Å²) >= 11 is 1.74. The van der Waals surface area contributed by atoms with Crippen LogP contribution in [0.1, 0.15) is 0 Å². The van der Waals surface area contributed by atoms with E-state index >= 15 is 0 Å². The molecular formula is C14H13N2S+. The molecule has 1 N–H and O–H groups in total. The van der Waals surface area contributed by atoms with Crippen LogP contribution >= 0.6 is 11.3 Å². The lowest BCUT2D eigenvalue weighted by atomic mass is 10.3. The number of aromatic nitrogens is 2. The molecule has 2 heterocycles. The van der Waals surface area contributed by atoms with Crippen molar-refractivity contribution in [2.75, 3.05) is 0 Å². The van der Waals surface area contributed by atoms with Gasteiger partial charge in [-0.05, 0) is 23.6 Å². The fourth-order valence-electron chi connectivity index (χ4n) is 2.06. The third-order valence-electron chi connectivity index (χ3n) is 2.78. The minimum absolute atomic E-state index is 0.817. The number of thiophene rings is 1. The first kappa shape index (κ1) is 10.3. The van der Waals surface area contributed by atoms with Crippen LogP contribution in [0, 0.1) is 0 Å². The lowest BCUT2D eigenvalue weighted by Crippen LogP contribution is -2.33. The molecule has 3 aromatic rings. The number of fused-ring (bicyclic) bond motifs is 1. The van der Waals surface area contributed by atoms with E-state index < -0.39 is 0 Å². The van der Waals surface area contributed by atoms with Crippen LogP contribution in [0.2, 0.25) is 0 Å². The molecule has 0 bridgehead atoms. The first-order chi connectivity index (χ1) is 8.40. The van der Waals surface area contributed by atoms with Crippen molar-refractivity contribution < 1.29 is 4.57 Å². The van der Waals surface area contributed by atoms with Crippen molar-refractivity contribution >= 4 is 22.4 Å². The standard InChI is InChI=1S/C14H12N2S/c1-2-9-16-12-7-4-3-6-11(12)15-14(16)13-8-5-10-17-13/h2-8,10H,1,9H2/p+1. The Hall–Kier alpha value is -1.87. The molecule has 17 heavy (non-hydrogen) atoms. The Kier molecular flexibility index (Phi) is 2.53. The molecule has 0 aliphatic heterocycles. The summed E-state index contributed by atoms with van der Waals surface area (Å²) in [6.07, 6.45) is 1.93. The van der Waals surface area contributed by atoms with Crippen LogP contribution in [0.15, 0.2) is 54.4 Å². The maximum absolute atomic E-state index is 3.83. The van der Waals surface area contributed by atoms with Gasteiger partial charge in [0.25, 0.3) is 5.82 Å². The molecule has 2 nitrogen and oxygen atoms in total. The van der Waals surface area contributed by atoms with E-state index in [-0.39, 0.29) is 0 Å². The maximum Gasteiger partial charge on any atom is 0.298 e. The van der Waals surface area contributed by atoms with Crippen LogP contribution in [0.3, 0.4) is 0 Å². The van der Waals surface area contributed by atoms with Gasteiger partial charge in [0.05, 0.1) is 0 Å². The van der Waals surface area contributed by atoms with E-state index in [0.29, 0.717) is 0 Å². The van der Waals surface area contributed by atoms with Gasteiger partial charge in [0, 0.05) is 0 Å². The highest BCUT2D eigenvalue weighted by molar-refractivity contribution is 7.13. The molecule has 2 aromatic heterocycles. The van der Waals surface area contributed by atoms with Crippen molar-refractivity contribution in [3.63, 3.8) is 0 Å². The SMILES string of the molecule is C=CC[n+]1c(-c2cccs2)[nH]c2ccccc21. The van der Waals surface area contributed by atoms with Gasteiger partial charge >= 0.3 is 0 Å². The fraction of sp³-hybridized carbons (Fsp3) is 0.0714. The Morgan fingerprint density at radius 1 is 1.24 bits per heavy atom. The molecule has 0 saturated heterocycles. The van der Waals surface area contributed by atoms with Crippen molar-refractivity contribution in [3.8, 4) is 10.7 Å². The van der Waals surface area contributed by atoms with E-state index in [1.54, 1.807) is 11.3 Å². The average Bonchev–Trinajstić information content (AvgIpc) is 2.97. The number of hydrogen-bond acceptors (Lipinski definition) is 1. The fourth-order valence-corrected chi connectivity index (χ4v) is 2.79. The number of para-hydroxylation sites is 2. The monoisotopic (exact) mass is 241 g/mol. The van der Waals surface area contributed by atoms with Crippen molar-refractivity contribution in [2.45, 2.75) is 6.54 Å². The van der Waals surface area contributed by atoms with Crippen LogP contribution in [-0.4, -0.2) is 4.98 Å². The van der Waals surface area contributed by atoms with Gasteiger partial charge in [0.2, 0.25) is 0 Å². The number of nitrogens with one attached hydrogen (secondary N) is 1. The number of imidazole rings is 1. The Labute approximate surface area is 104 Å². The van der Waals surface area contributed by atoms with Crippen molar-refractivity contribution in [3.05, 3.63) is 54.4 Å². The summed E-state index contributed by atoms with van der Waals surface area (Å²) in [5.74, 6) is 1.15. The second-order valence-corrected chi connectivity index (χ2v) is 4.82. The minimum atomic E-state index is 0.817. The number of rotatable bonds is 3. The Balaban J connectivity index is 2.29. The number of hydrogen-bond donors (Lipinski definition) is 1. The van der Waals surface area contributed by atoms with E-state index in [1.807, 2.05) is 6.08 Å². The maximum atomic E-state index is 3.83. The molecule has 0 radical (unpaired) electrons. The van der Waals surface area contributed by atoms with Gasteiger partial charge in [0.1, 0.15) is 11.4 Å². The molecule has 1 aromatic carbocycles. The smallest absolute Gasteiger partial charge is 0.236 e. The average molecular weight is 241 g/mol. The van der Waals surface area contributed by atoms with E-state index in [4.69, 9.17) is 0 Å². The quantitative estimate of drug-likeness (QED) is 0.536. The van der Waals surface area contributed by atoms with Gasteiger partial charge in [-0.3, -0.25) is 0 Å². The lowest BCUT2D eigenvalue weighted by molar-refractivity contribution is -0.649. The normalized spacial score (nSPS) is 10.8. The number of H-pyrrole nitrogens is 1. The molecule has 0 atom stereocenters. The zero-order valence-corrected chi connectivity index (χ0v) is 10.2. The first-order valence-corrected chi connectivity index (χ1v) is 6.43. The van der Waals surface area contributed by atoms with Crippen LogP contribution in [0.25, 0.3) is 21.7 Å². The summed E-state index contributed by atoms with van der Waals surface area (Å²) in [5, 5.41) is 2.10. The van der Waals surface area contributed by atoms with Gasteiger partial charge in [-0.1, -0.05) is 30.9 Å². The number of aromatic amines is 1. The van der Waals surface area contributed by atoms with Gasteiger partial charge in [0.15, 0.2) is 11.0 Å². The summed E-state index contributed by atoms with van der Waals surface area (Å²) < 4.78 is 2.26. The first-order valence-electron chi connectivity index (χ1n) is 5.55. The topological polar surface area (TPSA) is 19.7 Å².